The molecule has 1 atom stereocenters. The summed E-state index contributed by atoms with van der Waals surface area (Å²) in [4.78, 5) is 10.3. The van der Waals surface area contributed by atoms with Gasteiger partial charge in [0.25, 0.3) is 0 Å². The molecule has 0 aliphatic carbocycles. The van der Waals surface area contributed by atoms with Crippen molar-refractivity contribution in [1.29, 1.82) is 0 Å². The topological polar surface area (TPSA) is 48.9 Å². The Balaban J connectivity index is 0.000000759. The molecule has 0 saturated carbocycles. The first-order valence-corrected chi connectivity index (χ1v) is 12.2. The Bertz CT molecular complexity index is 615. The minimum Gasteiger partial charge on any atom is -0.550 e. The number of hydrogen-bond acceptors (Lipinski definition) is 2. The van der Waals surface area contributed by atoms with Gasteiger partial charge in [0.15, 0.2) is 0 Å². The molecule has 1 aromatic rings. The summed E-state index contributed by atoms with van der Waals surface area (Å²) in [6, 6.07) is 0. The van der Waals surface area contributed by atoms with Crippen LogP contribution < -0.4 is 9.67 Å². The number of carboxylic acids is 1. The number of unbranched alkanes of at least 4 members (excludes halogenated alkanes) is 1. The van der Waals surface area contributed by atoms with Crippen molar-refractivity contribution in [1.82, 2.24) is 4.57 Å². The van der Waals surface area contributed by atoms with Crippen LogP contribution in [0.2, 0.25) is 0 Å². The van der Waals surface area contributed by atoms with Gasteiger partial charge in [0, 0.05) is 5.97 Å². The van der Waals surface area contributed by atoms with Gasteiger partial charge < -0.3 is 9.90 Å². The van der Waals surface area contributed by atoms with Crippen LogP contribution in [-0.2, 0) is 15.9 Å². The second-order valence-corrected chi connectivity index (χ2v) is 12.9. The Morgan fingerprint density at radius 2 is 1.45 bits per heavy atom. The van der Waals surface area contributed by atoms with Crippen LogP contribution in [-0.4, -0.2) is 10.5 Å². The van der Waals surface area contributed by atoms with Crippen LogP contribution in [0.3, 0.4) is 0 Å². The molecular weight excluding hydrogens is 384 g/mol. The fourth-order valence-corrected chi connectivity index (χ4v) is 4.79. The van der Waals surface area contributed by atoms with Crippen molar-refractivity contribution in [2.24, 2.45) is 16.7 Å². The van der Waals surface area contributed by atoms with Gasteiger partial charge in [-0.3, -0.25) is 0 Å². The van der Waals surface area contributed by atoms with E-state index in [0.29, 0.717) is 17.3 Å². The molecule has 0 aliphatic heterocycles. The number of imidazole rings is 1. The summed E-state index contributed by atoms with van der Waals surface area (Å²) >= 11 is 0. The van der Waals surface area contributed by atoms with Crippen molar-refractivity contribution in [3.63, 3.8) is 0 Å². The van der Waals surface area contributed by atoms with Gasteiger partial charge in [-0.15, -0.1) is 0 Å². The third-order valence-electron chi connectivity index (χ3n) is 5.69. The van der Waals surface area contributed by atoms with Gasteiger partial charge in [-0.2, -0.15) is 0 Å². The van der Waals surface area contributed by atoms with E-state index < -0.39 is 5.97 Å². The van der Waals surface area contributed by atoms with E-state index in [2.05, 4.69) is 104 Å². The quantitative estimate of drug-likeness (QED) is 0.441. The molecule has 0 bridgehead atoms. The van der Waals surface area contributed by atoms with Crippen LogP contribution in [0.25, 0.3) is 0 Å². The highest BCUT2D eigenvalue weighted by Crippen LogP contribution is 2.33. The molecule has 0 fully saturated rings. The van der Waals surface area contributed by atoms with Gasteiger partial charge in [-0.05, 0) is 70.1 Å². The standard InChI is InChI=1S/C19H37N2.C8H16O2/c1-16(2,3)13-18(7,8)20-11-12-21(15-20)19(9,10)14-17(4,5)6;1-3-5-6-7(4-2)8(9)10/h11-12,15H,13-14H2,1-10H3;7H,3-6H2,1-2H3,(H,9,10)/q+1;/p-1. The molecule has 4 heteroatoms. The SMILES string of the molecule is CC(C)(C)CC(C)(C)n1cc[n+](C(C)(C)CC(C)(C)C)c1.CCCCC(CC)C(=O)[O-]. The van der Waals surface area contributed by atoms with E-state index in [0.717, 1.165) is 32.1 Å². The summed E-state index contributed by atoms with van der Waals surface area (Å²) in [5.74, 6) is -1.11. The molecule has 0 radical (unpaired) electrons. The number of hydrogen-bond donors (Lipinski definition) is 0. The monoisotopic (exact) mass is 436 g/mol. The van der Waals surface area contributed by atoms with Crippen molar-refractivity contribution in [3.05, 3.63) is 18.7 Å². The maximum absolute atomic E-state index is 10.3. The van der Waals surface area contributed by atoms with Gasteiger partial charge >= 0.3 is 0 Å². The van der Waals surface area contributed by atoms with Gasteiger partial charge in [-0.1, -0.05) is 68.2 Å². The summed E-state index contributed by atoms with van der Waals surface area (Å²) < 4.78 is 4.76. The lowest BCUT2D eigenvalue weighted by Crippen LogP contribution is -2.53. The Morgan fingerprint density at radius 1 is 0.935 bits per heavy atom. The summed E-state index contributed by atoms with van der Waals surface area (Å²) in [7, 11) is 0. The predicted molar refractivity (Wildman–Crippen MR) is 130 cm³/mol. The minimum absolute atomic E-state index is 0.140. The molecule has 4 nitrogen and oxygen atoms in total. The number of carboxylic acid groups (broad SMARTS) is 1. The number of carbonyl (C=O) groups excluding carboxylic acids is 1. The van der Waals surface area contributed by atoms with E-state index in [-0.39, 0.29) is 17.0 Å². The molecule has 31 heavy (non-hydrogen) atoms. The molecule has 0 aromatic carbocycles. The maximum atomic E-state index is 10.3. The van der Waals surface area contributed by atoms with Crippen LogP contribution >= 0.6 is 0 Å². The molecular formula is C27H52N2O2. The van der Waals surface area contributed by atoms with E-state index in [1.807, 2.05) is 6.92 Å². The largest absolute Gasteiger partial charge is 0.550 e. The van der Waals surface area contributed by atoms with Gasteiger partial charge in [0.05, 0.1) is 0 Å². The lowest BCUT2D eigenvalue weighted by atomic mass is 9.81. The van der Waals surface area contributed by atoms with Crippen LogP contribution in [0.1, 0.15) is 122 Å². The first kappa shape index (κ1) is 29.7. The molecule has 0 amide bonds. The first-order chi connectivity index (χ1) is 13.8. The molecule has 0 aliphatic rings. The molecule has 0 saturated heterocycles. The Hall–Kier alpha value is -1.32. The highest BCUT2D eigenvalue weighted by atomic mass is 16.4. The second kappa shape index (κ2) is 11.5. The Labute approximate surface area is 193 Å². The third kappa shape index (κ3) is 11.8. The van der Waals surface area contributed by atoms with E-state index >= 15 is 0 Å². The molecule has 182 valence electrons. The predicted octanol–water partition coefficient (Wildman–Crippen LogP) is 6.07. The van der Waals surface area contributed by atoms with E-state index in [1.165, 1.54) is 0 Å². The van der Waals surface area contributed by atoms with Gasteiger partial charge in [-0.25, -0.2) is 9.13 Å². The zero-order valence-corrected chi connectivity index (χ0v) is 22.8. The van der Waals surface area contributed by atoms with Gasteiger partial charge in [0.1, 0.15) is 23.5 Å². The second-order valence-electron chi connectivity index (χ2n) is 12.9. The average molecular weight is 437 g/mol. The summed E-state index contributed by atoms with van der Waals surface area (Å²) in [6.07, 6.45) is 12.6. The molecule has 1 heterocycles. The van der Waals surface area contributed by atoms with Crippen molar-refractivity contribution in [3.8, 4) is 0 Å². The van der Waals surface area contributed by atoms with E-state index in [1.54, 1.807) is 0 Å². The Morgan fingerprint density at radius 3 is 1.84 bits per heavy atom. The highest BCUT2D eigenvalue weighted by molar-refractivity contribution is 5.67. The fourth-order valence-electron chi connectivity index (χ4n) is 4.79. The van der Waals surface area contributed by atoms with Crippen LogP contribution in [0, 0.1) is 16.7 Å². The third-order valence-corrected chi connectivity index (χ3v) is 5.69. The van der Waals surface area contributed by atoms with Crippen molar-refractivity contribution >= 4 is 5.97 Å². The van der Waals surface area contributed by atoms with Crippen LogP contribution in [0.4, 0.5) is 0 Å². The minimum atomic E-state index is -0.893. The zero-order valence-electron chi connectivity index (χ0n) is 22.8. The highest BCUT2D eigenvalue weighted by Gasteiger charge is 2.35. The zero-order chi connectivity index (χ0) is 24.7. The van der Waals surface area contributed by atoms with Crippen LogP contribution in [0.15, 0.2) is 18.7 Å². The molecule has 1 rings (SSSR count). The van der Waals surface area contributed by atoms with E-state index in [9.17, 15) is 9.90 Å². The fraction of sp³-hybridized carbons (Fsp3) is 0.852. The molecule has 0 N–H and O–H groups in total. The molecule has 0 spiro atoms. The Kier molecular flexibility index (Phi) is 11.0. The summed E-state index contributed by atoms with van der Waals surface area (Å²) in [5.41, 5.74) is 0.946. The molecule has 1 unspecified atom stereocenters. The lowest BCUT2D eigenvalue weighted by molar-refractivity contribution is -0.760. The summed E-state index contributed by atoms with van der Waals surface area (Å²) in [6.45, 7) is 27.2. The number of nitrogens with zero attached hydrogens (tertiary/aromatic N) is 2. The maximum Gasteiger partial charge on any atom is 0.244 e. The van der Waals surface area contributed by atoms with E-state index in [4.69, 9.17) is 0 Å². The first-order valence-electron chi connectivity index (χ1n) is 12.2. The smallest absolute Gasteiger partial charge is 0.244 e. The van der Waals surface area contributed by atoms with Crippen molar-refractivity contribution < 1.29 is 14.5 Å². The number of aromatic nitrogens is 2. The number of rotatable bonds is 9. The van der Waals surface area contributed by atoms with Gasteiger partial charge in [0.2, 0.25) is 6.33 Å². The normalized spacial score (nSPS) is 14.1. The average Bonchev–Trinajstić information content (AvgIpc) is 3.03. The molecule has 1 aromatic heterocycles. The number of aliphatic carboxylic acids is 1. The van der Waals surface area contributed by atoms with Crippen molar-refractivity contribution in [2.75, 3.05) is 0 Å². The summed E-state index contributed by atoms with van der Waals surface area (Å²) in [5, 5.41) is 10.3. The number of carbonyl (C=O) groups is 1. The lowest BCUT2D eigenvalue weighted by Gasteiger charge is -2.31. The van der Waals surface area contributed by atoms with Crippen molar-refractivity contribution in [2.45, 2.75) is 133 Å². The van der Waals surface area contributed by atoms with Crippen LogP contribution in [0.5, 0.6) is 0 Å².